The fourth-order valence-corrected chi connectivity index (χ4v) is 3.36. The molecule has 0 unspecified atom stereocenters. The van der Waals surface area contributed by atoms with Gasteiger partial charge in [0.15, 0.2) is 18.1 Å². The molecule has 0 saturated carbocycles. The number of hydrogen-bond donors (Lipinski definition) is 2. The van der Waals surface area contributed by atoms with Gasteiger partial charge < -0.3 is 15.4 Å². The van der Waals surface area contributed by atoms with E-state index in [0.717, 1.165) is 22.3 Å². The maximum absolute atomic E-state index is 12.7. The fourth-order valence-electron chi connectivity index (χ4n) is 3.36. The van der Waals surface area contributed by atoms with Gasteiger partial charge in [-0.2, -0.15) is 4.68 Å². The Morgan fingerprint density at radius 3 is 2.29 bits per heavy atom. The Kier molecular flexibility index (Phi) is 7.86. The molecule has 2 amide bonds. The summed E-state index contributed by atoms with van der Waals surface area (Å²) in [7, 11) is 0. The molecule has 2 aromatic carbocycles. The zero-order valence-electron chi connectivity index (χ0n) is 19.5. The van der Waals surface area contributed by atoms with Crippen LogP contribution >= 0.6 is 0 Å². The van der Waals surface area contributed by atoms with E-state index in [1.807, 2.05) is 51.1 Å². The first-order valence-corrected chi connectivity index (χ1v) is 10.6. The smallest absolute Gasteiger partial charge is 0.357 e. The molecule has 0 bridgehead atoms. The monoisotopic (exact) mass is 462 g/mol. The molecule has 1 heterocycles. The zero-order valence-corrected chi connectivity index (χ0v) is 19.5. The Balaban J connectivity index is 1.58. The van der Waals surface area contributed by atoms with E-state index in [2.05, 4.69) is 26.2 Å². The van der Waals surface area contributed by atoms with E-state index in [9.17, 15) is 14.4 Å². The van der Waals surface area contributed by atoms with Gasteiger partial charge in [-0.15, -0.1) is 5.10 Å². The molecule has 0 saturated heterocycles. The molecule has 0 spiro atoms. The van der Waals surface area contributed by atoms with Gasteiger partial charge in [-0.1, -0.05) is 48.0 Å². The average Bonchev–Trinajstić information content (AvgIpc) is 3.23. The van der Waals surface area contributed by atoms with Crippen molar-refractivity contribution in [3.05, 3.63) is 70.5 Å². The minimum absolute atomic E-state index is 0.0459. The molecule has 10 nitrogen and oxygen atoms in total. The third kappa shape index (κ3) is 6.35. The van der Waals surface area contributed by atoms with Gasteiger partial charge in [-0.05, 0) is 60.9 Å². The summed E-state index contributed by atoms with van der Waals surface area (Å²) in [6.45, 7) is 6.59. The standard InChI is InChI=1S/C24H26N6O4/c1-15-10-16(2)23(17(3)11-15)26-21(31)13-25-22(32)14-34-24(33)20(30-18(4)27-28-29-30)12-19-8-6-5-7-9-19/h5-12H,13-14H2,1-4H3,(H,25,32)(H,26,31)/b20-12-. The molecule has 2 N–H and O–H groups in total. The molecule has 0 fully saturated rings. The SMILES string of the molecule is Cc1cc(C)c(NC(=O)CNC(=O)COC(=O)/C(=C/c2ccccc2)n2nnnc2C)c(C)c1. The van der Waals surface area contributed by atoms with Gasteiger partial charge in [0.1, 0.15) is 0 Å². The Morgan fingerprint density at radius 1 is 1.00 bits per heavy atom. The van der Waals surface area contributed by atoms with E-state index in [1.54, 1.807) is 25.1 Å². The van der Waals surface area contributed by atoms with Gasteiger partial charge in [0.05, 0.1) is 6.54 Å². The number of nitrogens with one attached hydrogen (secondary N) is 2. The van der Waals surface area contributed by atoms with Gasteiger partial charge in [0.2, 0.25) is 5.91 Å². The number of anilines is 1. The predicted molar refractivity (Wildman–Crippen MR) is 126 cm³/mol. The molecule has 0 aliphatic heterocycles. The first-order valence-electron chi connectivity index (χ1n) is 10.6. The average molecular weight is 463 g/mol. The number of esters is 1. The number of nitrogens with zero attached hydrogens (tertiary/aromatic N) is 4. The highest BCUT2D eigenvalue weighted by Gasteiger charge is 2.19. The van der Waals surface area contributed by atoms with Crippen LogP contribution < -0.4 is 10.6 Å². The number of carbonyl (C=O) groups excluding carboxylic acids is 3. The van der Waals surface area contributed by atoms with Crippen LogP contribution in [0.1, 0.15) is 28.1 Å². The first-order chi connectivity index (χ1) is 16.2. The summed E-state index contributed by atoms with van der Waals surface area (Å²) in [5.41, 5.74) is 4.45. The lowest BCUT2D eigenvalue weighted by Gasteiger charge is -2.13. The van der Waals surface area contributed by atoms with Crippen molar-refractivity contribution in [2.45, 2.75) is 27.7 Å². The lowest BCUT2D eigenvalue weighted by Crippen LogP contribution is -2.36. The van der Waals surface area contributed by atoms with E-state index in [1.165, 1.54) is 4.68 Å². The Bertz CT molecular complexity index is 1210. The van der Waals surface area contributed by atoms with Crippen LogP contribution in [0, 0.1) is 27.7 Å². The summed E-state index contributed by atoms with van der Waals surface area (Å²) in [5, 5.41) is 16.4. The molecular formula is C24H26N6O4. The maximum Gasteiger partial charge on any atom is 0.357 e. The maximum atomic E-state index is 12.7. The van der Waals surface area contributed by atoms with E-state index in [4.69, 9.17) is 4.74 Å². The van der Waals surface area contributed by atoms with Crippen molar-refractivity contribution in [1.82, 2.24) is 25.5 Å². The number of ether oxygens (including phenoxy) is 1. The molecule has 1 aromatic heterocycles. The molecule has 0 aliphatic rings. The Hall–Kier alpha value is -4.34. The molecular weight excluding hydrogens is 436 g/mol. The van der Waals surface area contributed by atoms with Gasteiger partial charge in [-0.25, -0.2) is 4.79 Å². The highest BCUT2D eigenvalue weighted by molar-refractivity contribution is 6.15. The predicted octanol–water partition coefficient (Wildman–Crippen LogP) is 2.20. The fraction of sp³-hybridized carbons (Fsp3) is 0.250. The first kappa shape index (κ1) is 24.3. The summed E-state index contributed by atoms with van der Waals surface area (Å²) in [6.07, 6.45) is 1.56. The van der Waals surface area contributed by atoms with Crippen LogP contribution in [0.15, 0.2) is 42.5 Å². The van der Waals surface area contributed by atoms with Crippen molar-refractivity contribution in [3.63, 3.8) is 0 Å². The van der Waals surface area contributed by atoms with Crippen LogP contribution in [0.5, 0.6) is 0 Å². The summed E-state index contributed by atoms with van der Waals surface area (Å²) in [6, 6.07) is 13.0. The summed E-state index contributed by atoms with van der Waals surface area (Å²) >= 11 is 0. The molecule has 34 heavy (non-hydrogen) atoms. The molecule has 0 aliphatic carbocycles. The third-order valence-electron chi connectivity index (χ3n) is 4.89. The van der Waals surface area contributed by atoms with Crippen LogP contribution in [0.25, 0.3) is 11.8 Å². The number of aryl methyl sites for hydroxylation is 4. The molecule has 10 heteroatoms. The van der Waals surface area contributed by atoms with Crippen molar-refractivity contribution in [2.75, 3.05) is 18.5 Å². The molecule has 3 aromatic rings. The normalized spacial score (nSPS) is 11.1. The third-order valence-corrected chi connectivity index (χ3v) is 4.89. The van der Waals surface area contributed by atoms with Crippen molar-refractivity contribution in [1.29, 1.82) is 0 Å². The topological polar surface area (TPSA) is 128 Å². The Morgan fingerprint density at radius 2 is 1.68 bits per heavy atom. The lowest BCUT2D eigenvalue weighted by molar-refractivity contribution is -0.143. The minimum Gasteiger partial charge on any atom is -0.451 e. The van der Waals surface area contributed by atoms with Crippen LogP contribution in [0.4, 0.5) is 5.69 Å². The summed E-state index contributed by atoms with van der Waals surface area (Å²) < 4.78 is 6.38. The van der Waals surface area contributed by atoms with Crippen molar-refractivity contribution >= 4 is 35.2 Å². The number of tetrazole rings is 1. The van der Waals surface area contributed by atoms with Gasteiger partial charge >= 0.3 is 5.97 Å². The second kappa shape index (κ2) is 11.0. The van der Waals surface area contributed by atoms with Crippen LogP contribution in [0.3, 0.4) is 0 Å². The van der Waals surface area contributed by atoms with Gasteiger partial charge in [0.25, 0.3) is 5.91 Å². The summed E-state index contributed by atoms with van der Waals surface area (Å²) in [5.74, 6) is -1.41. The van der Waals surface area contributed by atoms with Gasteiger partial charge in [0, 0.05) is 5.69 Å². The quantitative estimate of drug-likeness (QED) is 0.388. The number of benzene rings is 2. The number of aromatic nitrogens is 4. The molecule has 176 valence electrons. The second-order valence-corrected chi connectivity index (χ2v) is 7.75. The highest BCUT2D eigenvalue weighted by Crippen LogP contribution is 2.21. The van der Waals surface area contributed by atoms with Gasteiger partial charge in [-0.3, -0.25) is 9.59 Å². The zero-order chi connectivity index (χ0) is 24.7. The van der Waals surface area contributed by atoms with Crippen molar-refractivity contribution in [3.8, 4) is 0 Å². The van der Waals surface area contributed by atoms with E-state index in [0.29, 0.717) is 11.5 Å². The van der Waals surface area contributed by atoms with E-state index in [-0.39, 0.29) is 18.1 Å². The second-order valence-electron chi connectivity index (χ2n) is 7.75. The van der Waals surface area contributed by atoms with Crippen LogP contribution in [-0.2, 0) is 19.1 Å². The molecule has 0 radical (unpaired) electrons. The number of rotatable bonds is 8. The van der Waals surface area contributed by atoms with Crippen molar-refractivity contribution in [2.24, 2.45) is 0 Å². The number of amides is 2. The Labute approximate surface area is 197 Å². The largest absolute Gasteiger partial charge is 0.451 e. The number of hydrogen-bond acceptors (Lipinski definition) is 7. The molecule has 3 rings (SSSR count). The van der Waals surface area contributed by atoms with Crippen molar-refractivity contribution < 1.29 is 19.1 Å². The molecule has 0 atom stereocenters. The van der Waals surface area contributed by atoms with E-state index < -0.39 is 18.5 Å². The lowest BCUT2D eigenvalue weighted by atomic mass is 10.1. The highest BCUT2D eigenvalue weighted by atomic mass is 16.5. The minimum atomic E-state index is -0.787. The van der Waals surface area contributed by atoms with E-state index >= 15 is 0 Å². The van der Waals surface area contributed by atoms with Crippen LogP contribution in [-0.4, -0.2) is 51.1 Å². The van der Waals surface area contributed by atoms with Crippen LogP contribution in [0.2, 0.25) is 0 Å². The number of carbonyl (C=O) groups is 3. The summed E-state index contributed by atoms with van der Waals surface area (Å²) in [4.78, 5) is 37.2.